The Morgan fingerprint density at radius 1 is 0.571 bits per heavy atom. The van der Waals surface area contributed by atoms with E-state index < -0.39 is 10.8 Å². The van der Waals surface area contributed by atoms with Crippen LogP contribution in [0.1, 0.15) is 49.9 Å². The Kier molecular flexibility index (Phi) is 4.85. The number of para-hydroxylation sites is 1. The maximum absolute atomic E-state index is 14.3. The van der Waals surface area contributed by atoms with Gasteiger partial charge in [-0.05, 0) is 95.1 Å². The molecule has 0 bridgehead atoms. The first kappa shape index (κ1) is 25.0. The van der Waals surface area contributed by atoms with E-state index in [1.54, 1.807) is 12.1 Å². The van der Waals surface area contributed by atoms with Crippen LogP contribution in [0.25, 0.3) is 49.4 Å². The second kappa shape index (κ2) is 8.16. The van der Waals surface area contributed by atoms with Gasteiger partial charge < -0.3 is 8.98 Å². The maximum Gasteiger partial charge on any atom is 0.200 e. The monoisotopic (exact) mass is 555 g/mol. The smallest absolute Gasteiger partial charge is 0.200 e. The molecule has 0 radical (unpaired) electrons. The highest BCUT2D eigenvalue weighted by atomic mass is 19.1. The molecule has 206 valence electrons. The highest BCUT2D eigenvalue weighted by Crippen LogP contribution is 2.51. The molecule has 5 heteroatoms. The fourth-order valence-electron chi connectivity index (χ4n) is 7.15. The van der Waals surface area contributed by atoms with E-state index in [1.165, 1.54) is 29.8 Å². The quantitative estimate of drug-likeness (QED) is 0.189. The molecule has 42 heavy (non-hydrogen) atoms. The van der Waals surface area contributed by atoms with Crippen LogP contribution in [0.3, 0.4) is 0 Å². The highest BCUT2D eigenvalue weighted by Gasteiger charge is 2.42. The van der Waals surface area contributed by atoms with Gasteiger partial charge in [-0.2, -0.15) is 0 Å². The Labute approximate surface area is 240 Å². The Morgan fingerprint density at radius 3 is 1.86 bits per heavy atom. The van der Waals surface area contributed by atoms with Crippen LogP contribution in [-0.2, 0) is 10.8 Å². The van der Waals surface area contributed by atoms with Crippen molar-refractivity contribution in [1.82, 2.24) is 4.57 Å². The molecule has 0 aliphatic heterocycles. The largest absolute Gasteiger partial charge is 0.456 e. The molecule has 0 atom stereocenters. The number of hydrogen-bond acceptors (Lipinski definition) is 2. The van der Waals surface area contributed by atoms with Crippen molar-refractivity contribution < 1.29 is 13.2 Å². The zero-order valence-corrected chi connectivity index (χ0v) is 23.7. The van der Waals surface area contributed by atoms with E-state index in [4.69, 9.17) is 4.42 Å². The molecule has 2 aromatic heterocycles. The first-order chi connectivity index (χ1) is 20.1. The van der Waals surface area contributed by atoms with E-state index in [1.807, 2.05) is 36.4 Å². The third-order valence-corrected chi connectivity index (χ3v) is 9.36. The fraction of sp³-hybridized carbons (Fsp3) is 0.162. The zero-order valence-electron chi connectivity index (χ0n) is 23.7. The van der Waals surface area contributed by atoms with Crippen LogP contribution in [0.15, 0.2) is 100 Å². The van der Waals surface area contributed by atoms with E-state index in [-0.39, 0.29) is 17.1 Å². The minimum atomic E-state index is -0.425. The summed E-state index contributed by atoms with van der Waals surface area (Å²) in [5.74, 6) is -0.718. The summed E-state index contributed by atoms with van der Waals surface area (Å²) in [5, 5.41) is 2.50. The molecule has 8 rings (SSSR count). The van der Waals surface area contributed by atoms with Gasteiger partial charge in [0.1, 0.15) is 22.8 Å². The summed E-state index contributed by atoms with van der Waals surface area (Å²) in [6.07, 6.45) is 0. The molecule has 0 saturated carbocycles. The van der Waals surface area contributed by atoms with Gasteiger partial charge in [-0.1, -0.05) is 45.9 Å². The van der Waals surface area contributed by atoms with Crippen LogP contribution in [-0.4, -0.2) is 4.57 Å². The van der Waals surface area contributed by atoms with Gasteiger partial charge in [-0.3, -0.25) is 4.79 Å². The molecule has 2 heterocycles. The molecule has 0 amide bonds. The molecule has 0 fully saturated rings. The molecule has 3 nitrogen and oxygen atoms in total. The van der Waals surface area contributed by atoms with E-state index in [9.17, 15) is 13.6 Å². The SMILES string of the molecule is CC1(C)c2cc(-n3c4ccc(F)cc4c4cc(F)ccc43)ccc2C(C)(C)c2cc3c(=O)c4ccccc4oc3cc21. The molecule has 7 aromatic rings. The Morgan fingerprint density at radius 2 is 1.17 bits per heavy atom. The van der Waals surface area contributed by atoms with Gasteiger partial charge in [-0.25, -0.2) is 8.78 Å². The Balaban J connectivity index is 1.40. The summed E-state index contributed by atoms with van der Waals surface area (Å²) < 4.78 is 37.0. The predicted octanol–water partition coefficient (Wildman–Crippen LogP) is 9.29. The molecular formula is C37H27F2NO2. The van der Waals surface area contributed by atoms with E-state index in [0.29, 0.717) is 32.7 Å². The van der Waals surface area contributed by atoms with Crippen LogP contribution >= 0.6 is 0 Å². The van der Waals surface area contributed by atoms with Crippen LogP contribution in [0.2, 0.25) is 0 Å². The topological polar surface area (TPSA) is 35.1 Å². The van der Waals surface area contributed by atoms with E-state index in [0.717, 1.165) is 33.4 Å². The van der Waals surface area contributed by atoms with E-state index >= 15 is 0 Å². The number of benzene rings is 5. The van der Waals surface area contributed by atoms with Crippen LogP contribution < -0.4 is 5.43 Å². The highest BCUT2D eigenvalue weighted by molar-refractivity contribution is 6.09. The van der Waals surface area contributed by atoms with Crippen molar-refractivity contribution in [3.05, 3.63) is 135 Å². The third-order valence-electron chi connectivity index (χ3n) is 9.36. The van der Waals surface area contributed by atoms with Crippen LogP contribution in [0, 0.1) is 11.6 Å². The van der Waals surface area contributed by atoms with Crippen molar-refractivity contribution in [3.8, 4) is 5.69 Å². The lowest BCUT2D eigenvalue weighted by atomic mass is 9.60. The summed E-state index contributed by atoms with van der Waals surface area (Å²) in [7, 11) is 0. The molecular weight excluding hydrogens is 528 g/mol. The van der Waals surface area contributed by atoms with Crippen molar-refractivity contribution in [2.24, 2.45) is 0 Å². The van der Waals surface area contributed by atoms with E-state index in [2.05, 4.69) is 50.5 Å². The summed E-state index contributed by atoms with van der Waals surface area (Å²) in [4.78, 5) is 13.5. The Hall–Kier alpha value is -4.77. The normalized spacial score (nSPS) is 15.4. The van der Waals surface area contributed by atoms with Gasteiger partial charge in [0.15, 0.2) is 0 Å². The van der Waals surface area contributed by atoms with Gasteiger partial charge in [-0.15, -0.1) is 0 Å². The summed E-state index contributed by atoms with van der Waals surface area (Å²) in [6, 6.07) is 27.2. The average Bonchev–Trinajstić information content (AvgIpc) is 3.28. The molecule has 0 unspecified atom stereocenters. The summed E-state index contributed by atoms with van der Waals surface area (Å²) in [6.45, 7) is 8.79. The van der Waals surface area contributed by atoms with Crippen molar-refractivity contribution in [2.45, 2.75) is 38.5 Å². The van der Waals surface area contributed by atoms with Gasteiger partial charge in [0.25, 0.3) is 0 Å². The molecule has 0 saturated heterocycles. The molecule has 0 spiro atoms. The fourth-order valence-corrected chi connectivity index (χ4v) is 7.15. The standard InChI is InChI=1S/C37H27F2NO2/c1-36(2)27-12-11-22(40-31-13-9-20(38)15-24(31)25-16-21(39)10-14-32(25)40)17-28(27)37(3,4)30-19-34-26(18-29(30)36)35(41)23-7-5-6-8-33(23)42-34/h5-19H,1-4H3. The first-order valence-corrected chi connectivity index (χ1v) is 14.1. The van der Waals surface area contributed by atoms with Crippen molar-refractivity contribution in [3.63, 3.8) is 0 Å². The second-order valence-corrected chi connectivity index (χ2v) is 12.5. The molecule has 1 aliphatic carbocycles. The molecule has 1 aliphatic rings. The number of hydrogen-bond donors (Lipinski definition) is 0. The lowest BCUT2D eigenvalue weighted by molar-refractivity contribution is 0.519. The summed E-state index contributed by atoms with van der Waals surface area (Å²) >= 11 is 0. The maximum atomic E-state index is 14.3. The minimum absolute atomic E-state index is 0.0244. The number of fused-ring (bicyclic) bond motifs is 7. The van der Waals surface area contributed by atoms with Crippen molar-refractivity contribution in [1.29, 1.82) is 0 Å². The van der Waals surface area contributed by atoms with Gasteiger partial charge in [0.2, 0.25) is 5.43 Å². The summed E-state index contributed by atoms with van der Waals surface area (Å²) in [5.41, 5.74) is 7.38. The molecule has 5 aromatic carbocycles. The van der Waals surface area contributed by atoms with Gasteiger partial charge >= 0.3 is 0 Å². The number of nitrogens with zero attached hydrogens (tertiary/aromatic N) is 1. The van der Waals surface area contributed by atoms with Crippen LogP contribution in [0.4, 0.5) is 8.78 Å². The zero-order chi connectivity index (χ0) is 29.1. The first-order valence-electron chi connectivity index (χ1n) is 14.1. The number of rotatable bonds is 1. The molecule has 0 N–H and O–H groups in total. The lowest BCUT2D eigenvalue weighted by Gasteiger charge is -2.44. The second-order valence-electron chi connectivity index (χ2n) is 12.5. The van der Waals surface area contributed by atoms with Gasteiger partial charge in [0, 0.05) is 27.3 Å². The van der Waals surface area contributed by atoms with Crippen molar-refractivity contribution >= 4 is 43.7 Å². The number of halogens is 2. The third kappa shape index (κ3) is 3.22. The Bertz CT molecular complexity index is 2300. The predicted molar refractivity (Wildman–Crippen MR) is 165 cm³/mol. The lowest BCUT2D eigenvalue weighted by Crippen LogP contribution is -2.36. The van der Waals surface area contributed by atoms with Gasteiger partial charge in [0.05, 0.1) is 21.8 Å². The van der Waals surface area contributed by atoms with Crippen molar-refractivity contribution in [2.75, 3.05) is 0 Å². The number of aromatic nitrogens is 1. The minimum Gasteiger partial charge on any atom is -0.456 e. The average molecular weight is 556 g/mol. The van der Waals surface area contributed by atoms with Crippen LogP contribution in [0.5, 0.6) is 0 Å².